The van der Waals surface area contributed by atoms with Crippen LogP contribution in [0.25, 0.3) is 0 Å². The van der Waals surface area contributed by atoms with E-state index in [4.69, 9.17) is 5.41 Å². The molecule has 0 saturated carbocycles. The number of methoxy groups -OCH3 is 1. The zero-order valence-corrected chi connectivity index (χ0v) is 22.9. The fraction of sp³-hybridized carbons (Fsp3) is 0.464. The molecular weight excluding hydrogens is 426 g/mol. The molecule has 0 aromatic heterocycles. The molecule has 0 atom stereocenters. The monoisotopic (exact) mass is 473 g/mol. The molecule has 0 aliphatic heterocycles. The average molecular weight is 474 g/mol. The molecule has 0 aliphatic carbocycles. The minimum Gasteiger partial charge on any atom is -0.465 e. The molecule has 0 heterocycles. The first-order valence-corrected chi connectivity index (χ1v) is 11.5. The number of hydrogen-bond acceptors (Lipinski definition) is 6. The zero-order valence-electron chi connectivity index (χ0n) is 22.9. The van der Waals surface area contributed by atoms with Crippen LogP contribution in [0.5, 0.6) is 0 Å². The van der Waals surface area contributed by atoms with E-state index < -0.39 is 5.97 Å². The maximum Gasteiger partial charge on any atom is 0.337 e. The molecule has 0 aliphatic rings. The second kappa shape index (κ2) is 23.0. The van der Waals surface area contributed by atoms with Gasteiger partial charge >= 0.3 is 5.97 Å². The van der Waals surface area contributed by atoms with Gasteiger partial charge in [0.2, 0.25) is 0 Å². The fourth-order valence-electron chi connectivity index (χ4n) is 2.27. The van der Waals surface area contributed by atoms with Crippen molar-refractivity contribution in [3.63, 3.8) is 0 Å². The van der Waals surface area contributed by atoms with Gasteiger partial charge in [0.15, 0.2) is 5.78 Å². The van der Waals surface area contributed by atoms with Crippen molar-refractivity contribution < 1.29 is 14.3 Å². The van der Waals surface area contributed by atoms with Crippen LogP contribution in [0, 0.1) is 11.3 Å². The lowest BCUT2D eigenvalue weighted by molar-refractivity contribution is 0.0600. The summed E-state index contributed by atoms with van der Waals surface area (Å²) in [5, 5.41) is 5.50. The largest absolute Gasteiger partial charge is 0.465 e. The van der Waals surface area contributed by atoms with E-state index in [-0.39, 0.29) is 5.78 Å². The Morgan fingerprint density at radius 1 is 1.03 bits per heavy atom. The Labute approximate surface area is 208 Å². The van der Waals surface area contributed by atoms with Crippen LogP contribution in [0.1, 0.15) is 68.7 Å². The first kappa shape index (κ1) is 35.4. The van der Waals surface area contributed by atoms with Crippen LogP contribution in [0.15, 0.2) is 61.0 Å². The summed E-state index contributed by atoms with van der Waals surface area (Å²) in [6.07, 6.45) is 8.42. The van der Waals surface area contributed by atoms with Crippen molar-refractivity contribution >= 4 is 18.5 Å². The van der Waals surface area contributed by atoms with Crippen LogP contribution in [0.2, 0.25) is 0 Å². The number of carbonyl (C=O) groups excluding carboxylic acids is 2. The van der Waals surface area contributed by atoms with Crippen molar-refractivity contribution in [2.24, 2.45) is 5.92 Å². The maximum absolute atomic E-state index is 11.7. The number of allylic oxidation sites excluding steroid dienone is 3. The summed E-state index contributed by atoms with van der Waals surface area (Å²) in [4.78, 5) is 26.9. The van der Waals surface area contributed by atoms with Crippen LogP contribution in [-0.2, 0) is 4.74 Å². The third-order valence-electron chi connectivity index (χ3n) is 3.76. The fourth-order valence-corrected chi connectivity index (χ4v) is 2.27. The molecule has 6 heteroatoms. The number of carbonyl (C=O) groups is 2. The summed E-state index contributed by atoms with van der Waals surface area (Å²) in [6, 6.07) is 6.36. The predicted molar refractivity (Wildman–Crippen MR) is 147 cm³/mol. The highest BCUT2D eigenvalue weighted by molar-refractivity contribution is 6.05. The summed E-state index contributed by atoms with van der Waals surface area (Å²) in [6.45, 7) is 21.5. The number of likely N-dealkylation sites (N-methyl/N-ethyl adjacent to an activating group) is 1. The standard InChI is InChI=1S/C13H15NO3.C10H19N.C4H10.CH3N/c1-14(2)9-8-12(15)10-4-6-11(7-5-10)13(16)17-3;1-5-8-10(4)11(7-3)9-6-2;1-4(2)3;1-2/h4-9H,1-3H3;5,8H,4,6-7,9H2,1-3H3;4H,1-3H3;2H,1H2/b9-8+;8-5-;;. The normalized spacial score (nSPS) is 9.71. The number of rotatable bonds is 9. The number of ether oxygens (including phenoxy) is 1. The third kappa shape index (κ3) is 19.5. The Hall–Kier alpha value is -3.15. The maximum atomic E-state index is 11.7. The highest BCUT2D eigenvalue weighted by Crippen LogP contribution is 2.07. The quantitative estimate of drug-likeness (QED) is 0.146. The minimum atomic E-state index is -0.409. The average Bonchev–Trinajstić information content (AvgIpc) is 2.82. The second-order valence-corrected chi connectivity index (χ2v) is 8.02. The van der Waals surface area contributed by atoms with E-state index in [0.29, 0.717) is 11.1 Å². The van der Waals surface area contributed by atoms with Gasteiger partial charge in [-0.15, -0.1) is 0 Å². The molecular formula is C28H47N3O3. The van der Waals surface area contributed by atoms with E-state index >= 15 is 0 Å². The first-order chi connectivity index (χ1) is 16.0. The highest BCUT2D eigenvalue weighted by Gasteiger charge is 2.06. The summed E-state index contributed by atoms with van der Waals surface area (Å²) < 4.78 is 4.57. The summed E-state index contributed by atoms with van der Waals surface area (Å²) in [7, 11) is 5.00. The SMILES string of the molecule is C=C(/C=C\C)N(CC)CCC.C=N.CC(C)C.COC(=O)c1ccc(C(=O)/C=C/N(C)C)cc1. The van der Waals surface area contributed by atoms with Crippen molar-refractivity contribution in [3.8, 4) is 0 Å². The van der Waals surface area contributed by atoms with Crippen molar-refractivity contribution in [2.45, 2.75) is 48.0 Å². The molecule has 0 amide bonds. The van der Waals surface area contributed by atoms with E-state index in [1.165, 1.54) is 19.6 Å². The summed E-state index contributed by atoms with van der Waals surface area (Å²) in [5.74, 6) is 0.322. The van der Waals surface area contributed by atoms with E-state index in [1.807, 2.05) is 27.1 Å². The van der Waals surface area contributed by atoms with Gasteiger partial charge < -0.3 is 19.9 Å². The van der Waals surface area contributed by atoms with Gasteiger partial charge in [0.25, 0.3) is 0 Å². The van der Waals surface area contributed by atoms with Gasteiger partial charge in [-0.05, 0) is 51.1 Å². The van der Waals surface area contributed by atoms with E-state index in [0.717, 1.165) is 24.7 Å². The van der Waals surface area contributed by atoms with E-state index in [2.05, 4.69) is 63.6 Å². The Morgan fingerprint density at radius 2 is 1.50 bits per heavy atom. The van der Waals surface area contributed by atoms with Gasteiger partial charge in [0.1, 0.15) is 0 Å². The Balaban J connectivity index is -0.000000485. The molecule has 0 radical (unpaired) electrons. The Morgan fingerprint density at radius 3 is 1.85 bits per heavy atom. The smallest absolute Gasteiger partial charge is 0.337 e. The summed E-state index contributed by atoms with van der Waals surface area (Å²) in [5.41, 5.74) is 2.09. The van der Waals surface area contributed by atoms with Gasteiger partial charge in [-0.25, -0.2) is 4.79 Å². The molecule has 0 unspecified atom stereocenters. The molecule has 0 saturated heterocycles. The van der Waals surface area contributed by atoms with Crippen LogP contribution >= 0.6 is 0 Å². The highest BCUT2D eigenvalue weighted by atomic mass is 16.5. The number of esters is 1. The molecule has 0 fully saturated rings. The van der Waals surface area contributed by atoms with Gasteiger partial charge in [-0.2, -0.15) is 0 Å². The number of nitrogens with zero attached hydrogens (tertiary/aromatic N) is 2. The molecule has 1 aromatic rings. The molecule has 0 spiro atoms. The number of nitrogens with one attached hydrogen (secondary N) is 1. The summed E-state index contributed by atoms with van der Waals surface area (Å²) >= 11 is 0. The van der Waals surface area contributed by atoms with Crippen LogP contribution in [0.4, 0.5) is 0 Å². The number of benzene rings is 1. The van der Waals surface area contributed by atoms with Gasteiger partial charge in [0, 0.05) is 50.7 Å². The number of hydrogen-bond donors (Lipinski definition) is 1. The van der Waals surface area contributed by atoms with Crippen LogP contribution in [-0.4, -0.2) is 62.6 Å². The number of ketones is 1. The van der Waals surface area contributed by atoms with Gasteiger partial charge in [0.05, 0.1) is 12.7 Å². The molecule has 1 aromatic carbocycles. The second-order valence-electron chi connectivity index (χ2n) is 8.02. The van der Waals surface area contributed by atoms with Gasteiger partial charge in [-0.3, -0.25) is 4.79 Å². The lowest BCUT2D eigenvalue weighted by atomic mass is 10.1. The van der Waals surface area contributed by atoms with Crippen LogP contribution < -0.4 is 0 Å². The van der Waals surface area contributed by atoms with Crippen molar-refractivity contribution in [3.05, 3.63) is 72.1 Å². The lowest BCUT2D eigenvalue weighted by Crippen LogP contribution is -2.21. The molecule has 6 nitrogen and oxygen atoms in total. The minimum absolute atomic E-state index is 0.102. The molecule has 34 heavy (non-hydrogen) atoms. The van der Waals surface area contributed by atoms with E-state index in [9.17, 15) is 9.59 Å². The Kier molecular flexibility index (Phi) is 24.0. The molecule has 1 N–H and O–H groups in total. The predicted octanol–water partition coefficient (Wildman–Crippen LogP) is 6.47. The topological polar surface area (TPSA) is 73.7 Å². The first-order valence-electron chi connectivity index (χ1n) is 11.5. The van der Waals surface area contributed by atoms with E-state index in [1.54, 1.807) is 35.4 Å². The molecule has 1 rings (SSSR count). The third-order valence-corrected chi connectivity index (χ3v) is 3.76. The van der Waals surface area contributed by atoms with Crippen molar-refractivity contribution in [2.75, 3.05) is 34.3 Å². The zero-order chi connectivity index (χ0) is 27.1. The molecule has 0 bridgehead atoms. The molecule has 192 valence electrons. The van der Waals surface area contributed by atoms with Gasteiger partial charge in [-0.1, -0.05) is 52.5 Å². The van der Waals surface area contributed by atoms with Crippen LogP contribution in [0.3, 0.4) is 0 Å². The lowest BCUT2D eigenvalue weighted by Gasteiger charge is -2.22. The van der Waals surface area contributed by atoms with Crippen molar-refractivity contribution in [1.29, 1.82) is 5.41 Å². The van der Waals surface area contributed by atoms with Crippen molar-refractivity contribution in [1.82, 2.24) is 9.80 Å². The Bertz CT molecular complexity index is 733.